The quantitative estimate of drug-likeness (QED) is 0.816. The Hall–Kier alpha value is -1.27. The van der Waals surface area contributed by atoms with E-state index in [-0.39, 0.29) is 11.9 Å². The van der Waals surface area contributed by atoms with Crippen molar-refractivity contribution < 1.29 is 14.3 Å². The summed E-state index contributed by atoms with van der Waals surface area (Å²) < 4.78 is 5.98. The number of nitrogens with zero attached hydrogens (tertiary/aromatic N) is 1. The van der Waals surface area contributed by atoms with E-state index in [0.717, 1.165) is 4.47 Å². The van der Waals surface area contributed by atoms with Crippen molar-refractivity contribution in [3.05, 3.63) is 33.3 Å². The molecule has 1 saturated heterocycles. The first-order chi connectivity index (χ1) is 10.7. The third kappa shape index (κ3) is 5.11. The van der Waals surface area contributed by atoms with Gasteiger partial charge in [-0.15, -0.1) is 0 Å². The van der Waals surface area contributed by atoms with E-state index >= 15 is 0 Å². The highest BCUT2D eigenvalue weighted by molar-refractivity contribution is 9.10. The van der Waals surface area contributed by atoms with Gasteiger partial charge in [-0.25, -0.2) is 4.79 Å². The molecule has 0 radical (unpaired) electrons. The van der Waals surface area contributed by atoms with Crippen LogP contribution in [0.2, 0.25) is 5.02 Å². The Labute approximate surface area is 149 Å². The number of ether oxygens (including phenoxy) is 1. The van der Waals surface area contributed by atoms with Crippen LogP contribution in [0, 0.1) is 0 Å². The second-order valence-electron chi connectivity index (χ2n) is 6.51. The molecule has 1 aliphatic heterocycles. The van der Waals surface area contributed by atoms with E-state index in [4.69, 9.17) is 16.3 Å². The Balaban J connectivity index is 1.93. The highest BCUT2D eigenvalue weighted by Gasteiger charge is 2.29. The lowest BCUT2D eigenvalue weighted by molar-refractivity contribution is 0.0502. The molecule has 0 saturated carbocycles. The van der Waals surface area contributed by atoms with Crippen molar-refractivity contribution in [2.75, 3.05) is 13.1 Å². The van der Waals surface area contributed by atoms with Crippen LogP contribution in [0.3, 0.4) is 0 Å². The topological polar surface area (TPSA) is 58.6 Å². The van der Waals surface area contributed by atoms with Gasteiger partial charge in [0, 0.05) is 23.1 Å². The molecule has 0 aliphatic carbocycles. The maximum Gasteiger partial charge on any atom is 0.407 e. The van der Waals surface area contributed by atoms with Crippen molar-refractivity contribution >= 4 is 39.5 Å². The van der Waals surface area contributed by atoms with Gasteiger partial charge < -0.3 is 15.0 Å². The molecule has 5 nitrogen and oxygen atoms in total. The van der Waals surface area contributed by atoms with Crippen molar-refractivity contribution in [2.24, 2.45) is 0 Å². The molecule has 0 unspecified atom stereocenters. The van der Waals surface area contributed by atoms with Crippen LogP contribution in [0.4, 0.5) is 4.79 Å². The van der Waals surface area contributed by atoms with Crippen LogP contribution >= 0.6 is 27.5 Å². The van der Waals surface area contributed by atoms with E-state index in [1.54, 1.807) is 23.1 Å². The second kappa shape index (κ2) is 7.09. The predicted molar refractivity (Wildman–Crippen MR) is 92.8 cm³/mol. The summed E-state index contributed by atoms with van der Waals surface area (Å²) in [4.78, 5) is 26.0. The van der Waals surface area contributed by atoms with Gasteiger partial charge in [0.1, 0.15) is 5.60 Å². The first-order valence-electron chi connectivity index (χ1n) is 7.39. The number of hydrogen-bond acceptors (Lipinski definition) is 3. The summed E-state index contributed by atoms with van der Waals surface area (Å²) in [6, 6.07) is 5.03. The van der Waals surface area contributed by atoms with Crippen molar-refractivity contribution in [2.45, 2.75) is 38.8 Å². The van der Waals surface area contributed by atoms with Gasteiger partial charge in [0.15, 0.2) is 0 Å². The molecule has 1 fully saturated rings. The van der Waals surface area contributed by atoms with E-state index in [0.29, 0.717) is 30.1 Å². The number of rotatable bonds is 2. The van der Waals surface area contributed by atoms with Gasteiger partial charge in [0.05, 0.1) is 11.1 Å². The van der Waals surface area contributed by atoms with Crippen LogP contribution in [-0.2, 0) is 4.74 Å². The van der Waals surface area contributed by atoms with E-state index in [1.165, 1.54) is 0 Å². The SMILES string of the molecule is CC(C)(C)OC(=O)N[C@H]1CCN(C(=O)c2ccc(Br)c(Cl)c2)C1. The van der Waals surface area contributed by atoms with E-state index < -0.39 is 11.7 Å². The number of benzene rings is 1. The molecule has 23 heavy (non-hydrogen) atoms. The zero-order valence-corrected chi connectivity index (χ0v) is 15.7. The van der Waals surface area contributed by atoms with Crippen LogP contribution in [0.15, 0.2) is 22.7 Å². The fourth-order valence-corrected chi connectivity index (χ4v) is 2.78. The summed E-state index contributed by atoms with van der Waals surface area (Å²) in [5.41, 5.74) is 0.00272. The number of amides is 2. The normalized spacial score (nSPS) is 18.0. The third-order valence-corrected chi connectivity index (χ3v) is 4.60. The Morgan fingerprint density at radius 2 is 2.09 bits per heavy atom. The smallest absolute Gasteiger partial charge is 0.407 e. The number of alkyl carbamates (subject to hydrolysis) is 1. The Morgan fingerprint density at radius 1 is 1.39 bits per heavy atom. The lowest BCUT2D eigenvalue weighted by Crippen LogP contribution is -2.41. The van der Waals surface area contributed by atoms with Crippen LogP contribution in [-0.4, -0.2) is 41.6 Å². The average molecular weight is 404 g/mol. The summed E-state index contributed by atoms with van der Waals surface area (Å²) in [7, 11) is 0. The largest absolute Gasteiger partial charge is 0.444 e. The molecule has 1 aliphatic rings. The molecule has 2 rings (SSSR count). The van der Waals surface area contributed by atoms with Gasteiger partial charge in [-0.3, -0.25) is 4.79 Å². The first kappa shape index (κ1) is 18.1. The van der Waals surface area contributed by atoms with E-state index in [1.807, 2.05) is 20.8 Å². The maximum atomic E-state index is 12.5. The first-order valence-corrected chi connectivity index (χ1v) is 8.56. The molecular formula is C16H20BrClN2O3. The molecule has 0 bridgehead atoms. The molecule has 2 amide bonds. The minimum absolute atomic E-state index is 0.0899. The molecule has 1 aromatic rings. The number of carbonyl (C=O) groups is 2. The Bertz CT molecular complexity index is 616. The monoisotopic (exact) mass is 402 g/mol. The molecule has 1 N–H and O–H groups in total. The molecule has 0 spiro atoms. The zero-order valence-electron chi connectivity index (χ0n) is 13.4. The summed E-state index contributed by atoms with van der Waals surface area (Å²) in [5, 5.41) is 3.30. The van der Waals surface area contributed by atoms with Gasteiger partial charge in [-0.05, 0) is 61.3 Å². The van der Waals surface area contributed by atoms with E-state index in [9.17, 15) is 9.59 Å². The molecule has 7 heteroatoms. The van der Waals surface area contributed by atoms with Crippen LogP contribution in [0.1, 0.15) is 37.6 Å². The molecule has 1 aromatic carbocycles. The number of halogens is 2. The van der Waals surface area contributed by atoms with Gasteiger partial charge in [0.2, 0.25) is 0 Å². The summed E-state index contributed by atoms with van der Waals surface area (Å²) in [5.74, 6) is -0.0899. The van der Waals surface area contributed by atoms with Gasteiger partial charge in [-0.1, -0.05) is 11.6 Å². The molecular weight excluding hydrogens is 384 g/mol. The molecule has 1 heterocycles. The summed E-state index contributed by atoms with van der Waals surface area (Å²) in [6.07, 6.45) is 0.249. The van der Waals surface area contributed by atoms with Crippen LogP contribution in [0.5, 0.6) is 0 Å². The Morgan fingerprint density at radius 3 is 2.70 bits per heavy atom. The molecule has 1 atom stereocenters. The minimum atomic E-state index is -0.535. The number of likely N-dealkylation sites (tertiary alicyclic amines) is 1. The van der Waals surface area contributed by atoms with Gasteiger partial charge in [-0.2, -0.15) is 0 Å². The maximum absolute atomic E-state index is 12.5. The number of hydrogen-bond donors (Lipinski definition) is 1. The zero-order chi connectivity index (χ0) is 17.2. The predicted octanol–water partition coefficient (Wildman–Crippen LogP) is 3.84. The van der Waals surface area contributed by atoms with Gasteiger partial charge >= 0.3 is 6.09 Å². The molecule has 126 valence electrons. The van der Waals surface area contributed by atoms with Crippen molar-refractivity contribution in [3.63, 3.8) is 0 Å². The Kier molecular flexibility index (Phi) is 5.57. The lowest BCUT2D eigenvalue weighted by Gasteiger charge is -2.22. The van der Waals surface area contributed by atoms with Gasteiger partial charge in [0.25, 0.3) is 5.91 Å². The fourth-order valence-electron chi connectivity index (χ4n) is 2.35. The highest BCUT2D eigenvalue weighted by atomic mass is 79.9. The lowest BCUT2D eigenvalue weighted by atomic mass is 10.2. The fraction of sp³-hybridized carbons (Fsp3) is 0.500. The average Bonchev–Trinajstić information content (AvgIpc) is 2.87. The summed E-state index contributed by atoms with van der Waals surface area (Å²) in [6.45, 7) is 6.50. The molecule has 0 aromatic heterocycles. The van der Waals surface area contributed by atoms with E-state index in [2.05, 4.69) is 21.2 Å². The van der Waals surface area contributed by atoms with Crippen molar-refractivity contribution in [1.29, 1.82) is 0 Å². The van der Waals surface area contributed by atoms with Crippen LogP contribution in [0.25, 0.3) is 0 Å². The van der Waals surface area contributed by atoms with Crippen molar-refractivity contribution in [1.82, 2.24) is 10.2 Å². The number of carbonyl (C=O) groups excluding carboxylic acids is 2. The van der Waals surface area contributed by atoms with Crippen molar-refractivity contribution in [3.8, 4) is 0 Å². The number of nitrogens with one attached hydrogen (secondary N) is 1. The second-order valence-corrected chi connectivity index (χ2v) is 7.77. The third-order valence-electron chi connectivity index (χ3n) is 3.36. The minimum Gasteiger partial charge on any atom is -0.444 e. The van der Waals surface area contributed by atoms with Crippen LogP contribution < -0.4 is 5.32 Å². The summed E-state index contributed by atoms with van der Waals surface area (Å²) >= 11 is 9.34. The standard InChI is InChI=1S/C16H20BrClN2O3/c1-16(2,3)23-15(22)19-11-6-7-20(9-11)14(21)10-4-5-12(17)13(18)8-10/h4-5,8,11H,6-7,9H2,1-3H3,(H,19,22)/t11-/m0/s1. The highest BCUT2D eigenvalue weighted by Crippen LogP contribution is 2.24.